The summed E-state index contributed by atoms with van der Waals surface area (Å²) < 4.78 is 10.8. The van der Waals surface area contributed by atoms with Crippen LogP contribution in [0.5, 0.6) is 5.75 Å². The van der Waals surface area contributed by atoms with Crippen molar-refractivity contribution < 1.29 is 13.9 Å². The van der Waals surface area contributed by atoms with Crippen LogP contribution in [0.3, 0.4) is 0 Å². The van der Waals surface area contributed by atoms with Crippen LogP contribution in [0.2, 0.25) is 5.02 Å². The molecule has 2 aliphatic heterocycles. The van der Waals surface area contributed by atoms with E-state index in [1.165, 1.54) is 44.8 Å². The highest BCUT2D eigenvalue weighted by atomic mass is 35.5. The van der Waals surface area contributed by atoms with Crippen LogP contribution in [-0.2, 0) is 4.79 Å². The number of halogens is 1. The van der Waals surface area contributed by atoms with Crippen molar-refractivity contribution in [2.24, 2.45) is 5.92 Å². The lowest BCUT2D eigenvalue weighted by Crippen LogP contribution is -2.51. The standard InChI is InChI=1S/C22H27ClN2O4/c1-14-9-22(27)29-19-11-20(17(23)10-16(14)19)28-13-21(26)24-12-15-5-4-8-25-7-3-2-6-18(15)25/h9-11,15,18H,2-8,12-13H2,1H3,(H,24,26)/t15-,18-/m1/s1. The smallest absolute Gasteiger partial charge is 0.336 e. The Morgan fingerprint density at radius 2 is 2.07 bits per heavy atom. The lowest BCUT2D eigenvalue weighted by molar-refractivity contribution is -0.123. The normalized spacial score (nSPS) is 22.3. The molecule has 1 aromatic carbocycles. The van der Waals surface area contributed by atoms with E-state index in [0.29, 0.717) is 34.9 Å². The first-order valence-electron chi connectivity index (χ1n) is 10.4. The summed E-state index contributed by atoms with van der Waals surface area (Å²) in [4.78, 5) is 26.5. The summed E-state index contributed by atoms with van der Waals surface area (Å²) in [7, 11) is 0. The third-order valence-electron chi connectivity index (χ3n) is 6.15. The largest absolute Gasteiger partial charge is 0.482 e. The molecule has 0 radical (unpaired) electrons. The van der Waals surface area contributed by atoms with E-state index in [4.69, 9.17) is 20.8 Å². The quantitative estimate of drug-likeness (QED) is 0.752. The molecule has 3 heterocycles. The number of hydrogen-bond donors (Lipinski definition) is 1. The summed E-state index contributed by atoms with van der Waals surface area (Å²) in [5.41, 5.74) is 0.756. The molecule has 7 heteroatoms. The Hall–Kier alpha value is -2.05. The van der Waals surface area contributed by atoms with E-state index in [0.717, 1.165) is 17.4 Å². The highest BCUT2D eigenvalue weighted by Gasteiger charge is 2.32. The third-order valence-corrected chi connectivity index (χ3v) is 6.45. The Morgan fingerprint density at radius 1 is 1.24 bits per heavy atom. The molecule has 1 amide bonds. The van der Waals surface area contributed by atoms with Gasteiger partial charge in [0.1, 0.15) is 11.3 Å². The average molecular weight is 419 g/mol. The minimum atomic E-state index is -0.426. The second-order valence-corrected chi connectivity index (χ2v) is 8.53. The van der Waals surface area contributed by atoms with Crippen LogP contribution in [0, 0.1) is 12.8 Å². The molecular formula is C22H27ClN2O4. The molecule has 4 rings (SSSR count). The third kappa shape index (κ3) is 4.59. The van der Waals surface area contributed by atoms with Gasteiger partial charge in [-0.25, -0.2) is 4.79 Å². The fourth-order valence-corrected chi connectivity index (χ4v) is 4.90. The predicted octanol–water partition coefficient (Wildman–Crippen LogP) is 3.51. The van der Waals surface area contributed by atoms with Gasteiger partial charge in [-0.2, -0.15) is 0 Å². The van der Waals surface area contributed by atoms with Gasteiger partial charge in [-0.05, 0) is 63.2 Å². The first-order valence-corrected chi connectivity index (χ1v) is 10.8. The predicted molar refractivity (Wildman–Crippen MR) is 113 cm³/mol. The molecule has 2 aliphatic rings. The Bertz CT molecular complexity index is 956. The molecule has 2 atom stereocenters. The van der Waals surface area contributed by atoms with Gasteiger partial charge in [0.15, 0.2) is 6.61 Å². The number of nitrogens with zero attached hydrogens (tertiary/aromatic N) is 1. The number of rotatable bonds is 5. The van der Waals surface area contributed by atoms with Crippen molar-refractivity contribution in [3.05, 3.63) is 39.2 Å². The topological polar surface area (TPSA) is 71.8 Å². The first kappa shape index (κ1) is 20.2. The molecule has 1 aromatic heterocycles. The van der Waals surface area contributed by atoms with Gasteiger partial charge in [0.2, 0.25) is 0 Å². The Morgan fingerprint density at radius 3 is 2.93 bits per heavy atom. The summed E-state index contributed by atoms with van der Waals surface area (Å²) in [5.74, 6) is 0.675. The summed E-state index contributed by atoms with van der Waals surface area (Å²) in [6, 6.07) is 5.29. The van der Waals surface area contributed by atoms with Crippen LogP contribution < -0.4 is 15.7 Å². The molecule has 0 bridgehead atoms. The molecule has 0 saturated carbocycles. The maximum absolute atomic E-state index is 12.3. The van der Waals surface area contributed by atoms with Crippen LogP contribution in [-0.4, -0.2) is 43.1 Å². The minimum Gasteiger partial charge on any atom is -0.482 e. The van der Waals surface area contributed by atoms with E-state index >= 15 is 0 Å². The van der Waals surface area contributed by atoms with E-state index in [2.05, 4.69) is 10.2 Å². The number of aryl methyl sites for hydroxylation is 1. The van der Waals surface area contributed by atoms with Gasteiger partial charge in [0, 0.05) is 30.1 Å². The molecule has 6 nitrogen and oxygen atoms in total. The van der Waals surface area contributed by atoms with E-state index in [1.807, 2.05) is 6.92 Å². The van der Waals surface area contributed by atoms with E-state index < -0.39 is 5.63 Å². The maximum atomic E-state index is 12.3. The molecule has 1 N–H and O–H groups in total. The van der Waals surface area contributed by atoms with E-state index in [1.54, 1.807) is 12.1 Å². The summed E-state index contributed by atoms with van der Waals surface area (Å²) in [6.45, 7) is 4.76. The fourth-order valence-electron chi connectivity index (χ4n) is 4.68. The maximum Gasteiger partial charge on any atom is 0.336 e. The molecular weight excluding hydrogens is 392 g/mol. The van der Waals surface area contributed by atoms with Crippen LogP contribution in [0.15, 0.2) is 27.4 Å². The van der Waals surface area contributed by atoms with E-state index in [9.17, 15) is 9.59 Å². The number of benzene rings is 1. The van der Waals surface area contributed by atoms with Crippen LogP contribution >= 0.6 is 11.6 Å². The monoisotopic (exact) mass is 418 g/mol. The van der Waals surface area contributed by atoms with Crippen molar-refractivity contribution >= 4 is 28.5 Å². The molecule has 2 aromatic rings. The number of piperidine rings is 2. The molecule has 2 fully saturated rings. The van der Waals surface area contributed by atoms with Gasteiger partial charge in [0.25, 0.3) is 5.91 Å². The lowest BCUT2D eigenvalue weighted by Gasteiger charge is -2.44. The molecule has 0 aliphatic carbocycles. The number of nitrogens with one attached hydrogen (secondary N) is 1. The highest BCUT2D eigenvalue weighted by Crippen LogP contribution is 2.32. The number of hydrogen-bond acceptors (Lipinski definition) is 5. The first-order chi connectivity index (χ1) is 14.0. The molecule has 0 spiro atoms. The van der Waals surface area contributed by atoms with Crippen molar-refractivity contribution in [1.82, 2.24) is 10.2 Å². The minimum absolute atomic E-state index is 0.123. The number of carbonyl (C=O) groups is 1. The van der Waals surface area contributed by atoms with Gasteiger partial charge in [0.05, 0.1) is 5.02 Å². The van der Waals surface area contributed by atoms with Gasteiger partial charge < -0.3 is 19.4 Å². The van der Waals surface area contributed by atoms with Crippen LogP contribution in [0.1, 0.15) is 37.7 Å². The zero-order valence-corrected chi connectivity index (χ0v) is 17.5. The lowest BCUT2D eigenvalue weighted by atomic mass is 9.83. The number of carbonyl (C=O) groups excluding carboxylic acids is 1. The Kier molecular flexibility index (Phi) is 6.11. The summed E-state index contributed by atoms with van der Waals surface area (Å²) >= 11 is 6.29. The SMILES string of the molecule is Cc1cc(=O)oc2cc(OCC(=O)NC[C@H]3CCCN4CCCC[C@H]34)c(Cl)cc12. The number of fused-ring (bicyclic) bond motifs is 2. The fraction of sp³-hybridized carbons (Fsp3) is 0.545. The van der Waals surface area contributed by atoms with Gasteiger partial charge in [-0.15, -0.1) is 0 Å². The summed E-state index contributed by atoms with van der Waals surface area (Å²) in [6.07, 6.45) is 6.16. The highest BCUT2D eigenvalue weighted by molar-refractivity contribution is 6.32. The number of amides is 1. The van der Waals surface area contributed by atoms with Crippen molar-refractivity contribution in [2.45, 2.75) is 45.1 Å². The van der Waals surface area contributed by atoms with Crippen molar-refractivity contribution in [1.29, 1.82) is 0 Å². The van der Waals surface area contributed by atoms with Crippen molar-refractivity contribution in [3.8, 4) is 5.75 Å². The van der Waals surface area contributed by atoms with Gasteiger partial charge in [-0.3, -0.25) is 4.79 Å². The number of ether oxygens (including phenoxy) is 1. The van der Waals surface area contributed by atoms with Gasteiger partial charge >= 0.3 is 5.63 Å². The zero-order chi connectivity index (χ0) is 20.4. The summed E-state index contributed by atoms with van der Waals surface area (Å²) in [5, 5.41) is 4.16. The van der Waals surface area contributed by atoms with Gasteiger partial charge in [-0.1, -0.05) is 18.0 Å². The van der Waals surface area contributed by atoms with E-state index in [-0.39, 0.29) is 12.5 Å². The molecule has 0 unspecified atom stereocenters. The molecule has 156 valence electrons. The zero-order valence-electron chi connectivity index (χ0n) is 16.7. The van der Waals surface area contributed by atoms with Crippen molar-refractivity contribution in [2.75, 3.05) is 26.2 Å². The Balaban J connectivity index is 1.35. The molecule has 2 saturated heterocycles. The second-order valence-electron chi connectivity index (χ2n) is 8.12. The van der Waals surface area contributed by atoms with Crippen molar-refractivity contribution in [3.63, 3.8) is 0 Å². The van der Waals surface area contributed by atoms with Crippen LogP contribution in [0.25, 0.3) is 11.0 Å². The Labute approximate surface area is 175 Å². The van der Waals surface area contributed by atoms with Crippen LogP contribution in [0.4, 0.5) is 0 Å². The average Bonchev–Trinajstić information content (AvgIpc) is 2.71. The molecule has 29 heavy (non-hydrogen) atoms. The second kappa shape index (κ2) is 8.76.